The monoisotopic (exact) mass is 389 g/mol. The van der Waals surface area contributed by atoms with Crippen molar-refractivity contribution in [3.63, 3.8) is 0 Å². The molecule has 19 heavy (non-hydrogen) atoms. The van der Waals surface area contributed by atoms with E-state index in [9.17, 15) is 9.59 Å². The first kappa shape index (κ1) is 15.9. The van der Waals surface area contributed by atoms with Crippen LogP contribution < -0.4 is 10.1 Å². The van der Waals surface area contributed by atoms with Gasteiger partial charge in [-0.15, -0.1) is 6.58 Å². The van der Waals surface area contributed by atoms with Gasteiger partial charge in [0.15, 0.2) is 6.10 Å². The molecule has 6 heteroatoms. The number of hydrogen-bond acceptors (Lipinski definition) is 3. The summed E-state index contributed by atoms with van der Waals surface area (Å²) >= 11 is 6.61. The third-order valence-electron chi connectivity index (χ3n) is 2.24. The van der Waals surface area contributed by atoms with Crippen molar-refractivity contribution in [3.05, 3.63) is 39.3 Å². The second-order valence-electron chi connectivity index (χ2n) is 3.73. The average Bonchev–Trinajstić information content (AvgIpc) is 2.39. The number of aldehydes is 1. The first-order valence-corrected chi connectivity index (χ1v) is 7.07. The summed E-state index contributed by atoms with van der Waals surface area (Å²) < 4.78 is 6.79. The Balaban J connectivity index is 2.84. The number of carbonyl (C=O) groups is 2. The molecule has 0 aliphatic heterocycles. The Hall–Kier alpha value is -1.14. The van der Waals surface area contributed by atoms with E-state index in [1.54, 1.807) is 25.1 Å². The number of ether oxygens (including phenoxy) is 1. The van der Waals surface area contributed by atoms with Gasteiger partial charge in [-0.3, -0.25) is 9.59 Å². The van der Waals surface area contributed by atoms with E-state index in [2.05, 4.69) is 43.8 Å². The molecule has 0 saturated carbocycles. The van der Waals surface area contributed by atoms with Crippen molar-refractivity contribution in [3.8, 4) is 5.75 Å². The van der Waals surface area contributed by atoms with Crippen molar-refractivity contribution in [1.82, 2.24) is 5.32 Å². The van der Waals surface area contributed by atoms with Gasteiger partial charge in [-0.25, -0.2) is 0 Å². The predicted molar refractivity (Wildman–Crippen MR) is 80.5 cm³/mol. The smallest absolute Gasteiger partial charge is 0.261 e. The van der Waals surface area contributed by atoms with E-state index < -0.39 is 6.10 Å². The molecule has 0 aliphatic rings. The lowest BCUT2D eigenvalue weighted by Gasteiger charge is -2.16. The second-order valence-corrected chi connectivity index (χ2v) is 5.43. The van der Waals surface area contributed by atoms with Gasteiger partial charge in [-0.05, 0) is 50.9 Å². The fourth-order valence-corrected chi connectivity index (χ4v) is 2.72. The molecule has 0 spiro atoms. The summed E-state index contributed by atoms with van der Waals surface area (Å²) in [6.07, 6.45) is 1.67. The van der Waals surface area contributed by atoms with Crippen molar-refractivity contribution < 1.29 is 14.3 Å². The highest BCUT2D eigenvalue weighted by Crippen LogP contribution is 2.35. The minimum absolute atomic E-state index is 0.238. The highest BCUT2D eigenvalue weighted by molar-refractivity contribution is 9.11. The van der Waals surface area contributed by atoms with Gasteiger partial charge in [-0.1, -0.05) is 6.08 Å². The van der Waals surface area contributed by atoms with E-state index >= 15 is 0 Å². The zero-order valence-corrected chi connectivity index (χ0v) is 13.5. The first-order valence-electron chi connectivity index (χ1n) is 5.49. The molecule has 1 unspecified atom stereocenters. The van der Waals surface area contributed by atoms with Crippen LogP contribution in [0.5, 0.6) is 5.75 Å². The Kier molecular flexibility index (Phi) is 6.24. The molecular formula is C13H13Br2NO3. The molecule has 0 bridgehead atoms. The standard InChI is InChI=1S/C13H13Br2NO3/c1-3-4-16-13(18)8(2)19-12-10(14)5-9(7-17)6-11(12)15/h3,5-8H,1,4H2,2H3,(H,16,18). The van der Waals surface area contributed by atoms with Gasteiger partial charge in [0.2, 0.25) is 0 Å². The number of amides is 1. The Bertz CT molecular complexity index is 480. The molecule has 1 aromatic carbocycles. The predicted octanol–water partition coefficient (Wildman–Crippen LogP) is 3.09. The van der Waals surface area contributed by atoms with E-state index in [0.29, 0.717) is 26.8 Å². The fraction of sp³-hybridized carbons (Fsp3) is 0.231. The highest BCUT2D eigenvalue weighted by atomic mass is 79.9. The summed E-state index contributed by atoms with van der Waals surface area (Å²) in [5, 5.41) is 2.65. The lowest BCUT2D eigenvalue weighted by molar-refractivity contribution is -0.127. The van der Waals surface area contributed by atoms with Crippen LogP contribution >= 0.6 is 31.9 Å². The normalized spacial score (nSPS) is 11.5. The molecule has 0 radical (unpaired) electrons. The molecular weight excluding hydrogens is 378 g/mol. The van der Waals surface area contributed by atoms with Crippen LogP contribution in [0.2, 0.25) is 0 Å². The number of halogens is 2. The van der Waals surface area contributed by atoms with Crippen molar-refractivity contribution in [2.45, 2.75) is 13.0 Å². The van der Waals surface area contributed by atoms with E-state index in [1.165, 1.54) is 0 Å². The van der Waals surface area contributed by atoms with E-state index in [0.717, 1.165) is 6.29 Å². The minimum Gasteiger partial charge on any atom is -0.479 e. The van der Waals surface area contributed by atoms with Crippen molar-refractivity contribution in [2.75, 3.05) is 6.54 Å². The molecule has 102 valence electrons. The molecule has 1 amide bonds. The van der Waals surface area contributed by atoms with Gasteiger partial charge in [-0.2, -0.15) is 0 Å². The van der Waals surface area contributed by atoms with Gasteiger partial charge in [0.05, 0.1) is 8.95 Å². The molecule has 0 aliphatic carbocycles. The van der Waals surface area contributed by atoms with Crippen LogP contribution in [0.4, 0.5) is 0 Å². The number of rotatable bonds is 6. The highest BCUT2D eigenvalue weighted by Gasteiger charge is 2.17. The molecule has 1 aromatic rings. The van der Waals surface area contributed by atoms with Crippen LogP contribution in [0, 0.1) is 0 Å². The third kappa shape index (κ3) is 4.47. The fourth-order valence-electron chi connectivity index (χ4n) is 1.31. The molecule has 1 rings (SSSR count). The number of benzene rings is 1. The molecule has 0 saturated heterocycles. The summed E-state index contributed by atoms with van der Waals surface area (Å²) in [5.74, 6) is 0.241. The average molecular weight is 391 g/mol. The van der Waals surface area contributed by atoms with Gasteiger partial charge >= 0.3 is 0 Å². The maximum atomic E-state index is 11.7. The maximum Gasteiger partial charge on any atom is 0.261 e. The molecule has 4 nitrogen and oxygen atoms in total. The Morgan fingerprint density at radius 3 is 2.53 bits per heavy atom. The first-order chi connectivity index (χ1) is 8.99. The van der Waals surface area contributed by atoms with Crippen LogP contribution in [-0.4, -0.2) is 24.8 Å². The van der Waals surface area contributed by atoms with E-state index in [4.69, 9.17) is 4.74 Å². The SMILES string of the molecule is C=CCNC(=O)C(C)Oc1c(Br)cc(C=O)cc1Br. The molecule has 1 N–H and O–H groups in total. The quantitative estimate of drug-likeness (QED) is 0.599. The van der Waals surface area contributed by atoms with Crippen LogP contribution in [0.15, 0.2) is 33.7 Å². The second kappa shape index (κ2) is 7.45. The summed E-state index contributed by atoms with van der Waals surface area (Å²) in [5.41, 5.74) is 0.509. The van der Waals surface area contributed by atoms with Crippen molar-refractivity contribution in [1.29, 1.82) is 0 Å². The Labute approximate surface area is 128 Å². The molecule has 1 atom stereocenters. The van der Waals surface area contributed by atoms with Crippen LogP contribution in [0.1, 0.15) is 17.3 Å². The lowest BCUT2D eigenvalue weighted by atomic mass is 10.2. The molecule has 0 aromatic heterocycles. The van der Waals surface area contributed by atoms with Crippen molar-refractivity contribution >= 4 is 44.1 Å². The van der Waals surface area contributed by atoms with E-state index in [-0.39, 0.29) is 5.91 Å². The van der Waals surface area contributed by atoms with Crippen LogP contribution in [-0.2, 0) is 4.79 Å². The van der Waals surface area contributed by atoms with Crippen LogP contribution in [0.25, 0.3) is 0 Å². The number of hydrogen-bond donors (Lipinski definition) is 1. The van der Waals surface area contributed by atoms with Crippen molar-refractivity contribution in [2.24, 2.45) is 0 Å². The van der Waals surface area contributed by atoms with Crippen LogP contribution in [0.3, 0.4) is 0 Å². The topological polar surface area (TPSA) is 55.4 Å². The zero-order chi connectivity index (χ0) is 14.4. The Morgan fingerprint density at radius 2 is 2.05 bits per heavy atom. The zero-order valence-electron chi connectivity index (χ0n) is 10.3. The van der Waals surface area contributed by atoms with Gasteiger partial charge in [0.1, 0.15) is 12.0 Å². The minimum atomic E-state index is -0.658. The summed E-state index contributed by atoms with van der Waals surface area (Å²) in [6.45, 7) is 5.55. The van der Waals surface area contributed by atoms with Gasteiger partial charge < -0.3 is 10.1 Å². The van der Waals surface area contributed by atoms with E-state index in [1.807, 2.05) is 0 Å². The number of nitrogens with one attached hydrogen (secondary N) is 1. The lowest BCUT2D eigenvalue weighted by Crippen LogP contribution is -2.36. The molecule has 0 fully saturated rings. The largest absolute Gasteiger partial charge is 0.479 e. The third-order valence-corrected chi connectivity index (χ3v) is 3.42. The van der Waals surface area contributed by atoms with Gasteiger partial charge in [0, 0.05) is 12.1 Å². The summed E-state index contributed by atoms with van der Waals surface area (Å²) in [4.78, 5) is 22.4. The summed E-state index contributed by atoms with van der Waals surface area (Å²) in [6, 6.07) is 3.25. The number of carbonyl (C=O) groups excluding carboxylic acids is 2. The molecule has 0 heterocycles. The summed E-state index contributed by atoms with van der Waals surface area (Å²) in [7, 11) is 0. The Morgan fingerprint density at radius 1 is 1.47 bits per heavy atom. The maximum absolute atomic E-state index is 11.7. The van der Waals surface area contributed by atoms with Gasteiger partial charge in [0.25, 0.3) is 5.91 Å².